The minimum absolute atomic E-state index is 0.00827. The molecule has 4 rings (SSSR count). The zero-order valence-corrected chi connectivity index (χ0v) is 26.0. The number of amides is 5. The van der Waals surface area contributed by atoms with E-state index in [1.807, 2.05) is 13.8 Å². The Labute approximate surface area is 263 Å². The van der Waals surface area contributed by atoms with Crippen LogP contribution in [0.3, 0.4) is 0 Å². The highest BCUT2D eigenvalue weighted by Gasteiger charge is 2.38. The number of primary amides is 1. The number of carbonyl (C=O) groups excluding carboxylic acids is 5. The molecule has 1 aromatic heterocycles. The number of morpholine rings is 1. The molecule has 0 radical (unpaired) electrons. The number of hydrogen-bond donors (Lipinski definition) is 2. The van der Waals surface area contributed by atoms with E-state index in [0.717, 1.165) is 21.1 Å². The summed E-state index contributed by atoms with van der Waals surface area (Å²) in [6, 6.07) is 6.65. The summed E-state index contributed by atoms with van der Waals surface area (Å²) < 4.78 is 26.1. The van der Waals surface area contributed by atoms with Crippen LogP contribution in [0.1, 0.15) is 42.8 Å². The molecular weight excluding hydrogens is 617 g/mol. The molecule has 0 saturated carbocycles. The van der Waals surface area contributed by atoms with E-state index in [1.54, 1.807) is 6.07 Å². The van der Waals surface area contributed by atoms with Crippen LogP contribution in [0.25, 0.3) is 0 Å². The molecule has 238 valence electrons. The Morgan fingerprint density at radius 1 is 1.18 bits per heavy atom. The average Bonchev–Trinajstić information content (AvgIpc) is 3.57. The largest absolute Gasteiger partial charge is 0.442 e. The van der Waals surface area contributed by atoms with Crippen molar-refractivity contribution in [3.8, 4) is 0 Å². The van der Waals surface area contributed by atoms with Gasteiger partial charge in [-0.1, -0.05) is 25.4 Å². The molecule has 2 aromatic rings. The van der Waals surface area contributed by atoms with Crippen LogP contribution in [0, 0.1) is 11.7 Å². The molecule has 0 spiro atoms. The molecule has 3 heterocycles. The van der Waals surface area contributed by atoms with Gasteiger partial charge < -0.3 is 25.4 Å². The summed E-state index contributed by atoms with van der Waals surface area (Å²) in [5.74, 6) is -2.54. The number of nitrogens with one attached hydrogen (secondary N) is 1. The number of nitrogens with zero attached hydrogens (tertiary/aromatic N) is 3. The maximum atomic E-state index is 15.2. The van der Waals surface area contributed by atoms with E-state index in [4.69, 9.17) is 26.8 Å². The molecule has 15 heteroatoms. The third-order valence-electron chi connectivity index (χ3n) is 7.26. The summed E-state index contributed by atoms with van der Waals surface area (Å²) >= 11 is 7.04. The van der Waals surface area contributed by atoms with Crippen LogP contribution in [0.4, 0.5) is 20.6 Å². The summed E-state index contributed by atoms with van der Waals surface area (Å²) in [6.07, 6.45) is -0.759. The number of thiophene rings is 1. The second-order valence-electron chi connectivity index (χ2n) is 10.8. The third-order valence-corrected chi connectivity index (χ3v) is 8.48. The van der Waals surface area contributed by atoms with Crippen LogP contribution in [-0.4, -0.2) is 86.2 Å². The number of benzene rings is 1. The number of rotatable bonds is 13. The van der Waals surface area contributed by atoms with Crippen molar-refractivity contribution in [3.05, 3.63) is 45.4 Å². The monoisotopic (exact) mass is 651 g/mol. The van der Waals surface area contributed by atoms with Gasteiger partial charge in [0.2, 0.25) is 11.8 Å². The van der Waals surface area contributed by atoms with Crippen molar-refractivity contribution < 1.29 is 37.8 Å². The van der Waals surface area contributed by atoms with E-state index in [0.29, 0.717) is 36.0 Å². The van der Waals surface area contributed by atoms with Gasteiger partial charge in [-0.3, -0.25) is 29.0 Å². The fourth-order valence-electron chi connectivity index (χ4n) is 5.01. The van der Waals surface area contributed by atoms with E-state index in [1.165, 1.54) is 29.2 Å². The van der Waals surface area contributed by atoms with Gasteiger partial charge in [-0.2, -0.15) is 0 Å². The number of cyclic esters (lactones) is 1. The predicted octanol–water partition coefficient (Wildman–Crippen LogP) is 3.17. The number of halogens is 2. The number of ether oxygens (including phenoxy) is 2. The molecule has 2 fully saturated rings. The molecule has 5 amide bonds. The van der Waals surface area contributed by atoms with Gasteiger partial charge in [0.1, 0.15) is 18.5 Å². The van der Waals surface area contributed by atoms with Crippen LogP contribution in [0.5, 0.6) is 0 Å². The van der Waals surface area contributed by atoms with Crippen molar-refractivity contribution in [2.45, 2.75) is 45.3 Å². The maximum Gasteiger partial charge on any atom is 0.414 e. The fraction of sp³-hybridized carbons (Fsp3) is 0.483. The fourth-order valence-corrected chi connectivity index (χ4v) is 6.00. The zero-order valence-electron chi connectivity index (χ0n) is 24.4. The van der Waals surface area contributed by atoms with Gasteiger partial charge in [-0.25, -0.2) is 9.18 Å². The number of anilines is 2. The average molecular weight is 652 g/mol. The summed E-state index contributed by atoms with van der Waals surface area (Å²) in [5, 5.41) is 3.09. The Morgan fingerprint density at radius 3 is 2.59 bits per heavy atom. The smallest absolute Gasteiger partial charge is 0.414 e. The molecule has 2 aliphatic rings. The molecule has 44 heavy (non-hydrogen) atoms. The number of carbonyl (C=O) groups is 5. The SMILES string of the molecule is CC(C)[C@H](NCCCCC(=O)N(C[C@H]1CN(c2ccc(N3CCOCC3=O)cc2F)C(=O)O1)C(=O)c1ccc(Cl)s1)C(N)=O. The lowest BCUT2D eigenvalue weighted by molar-refractivity contribution is -0.129. The summed E-state index contributed by atoms with van der Waals surface area (Å²) in [4.78, 5) is 66.9. The summed E-state index contributed by atoms with van der Waals surface area (Å²) in [5.41, 5.74) is 5.71. The second kappa shape index (κ2) is 14.9. The van der Waals surface area contributed by atoms with Crippen molar-refractivity contribution >= 4 is 64.0 Å². The first-order valence-corrected chi connectivity index (χ1v) is 15.4. The number of imide groups is 1. The van der Waals surface area contributed by atoms with Crippen molar-refractivity contribution in [1.29, 1.82) is 0 Å². The van der Waals surface area contributed by atoms with Gasteiger partial charge in [0, 0.05) is 18.7 Å². The summed E-state index contributed by atoms with van der Waals surface area (Å²) in [6.45, 7) is 4.36. The first kappa shape index (κ1) is 33.3. The molecule has 12 nitrogen and oxygen atoms in total. The Morgan fingerprint density at radius 2 is 1.95 bits per heavy atom. The van der Waals surface area contributed by atoms with E-state index in [-0.39, 0.29) is 55.1 Å². The van der Waals surface area contributed by atoms with Gasteiger partial charge in [0.25, 0.3) is 11.8 Å². The highest BCUT2D eigenvalue weighted by atomic mass is 35.5. The van der Waals surface area contributed by atoms with Crippen LogP contribution < -0.4 is 20.9 Å². The zero-order chi connectivity index (χ0) is 32.0. The highest BCUT2D eigenvalue weighted by molar-refractivity contribution is 7.18. The lowest BCUT2D eigenvalue weighted by Crippen LogP contribution is -2.45. The topological polar surface area (TPSA) is 152 Å². The minimum Gasteiger partial charge on any atom is -0.442 e. The van der Waals surface area contributed by atoms with Crippen molar-refractivity contribution in [2.75, 3.05) is 49.2 Å². The predicted molar refractivity (Wildman–Crippen MR) is 162 cm³/mol. The first-order chi connectivity index (χ1) is 21.0. The third kappa shape index (κ3) is 8.11. The molecule has 2 aliphatic heterocycles. The number of nitrogens with two attached hydrogens (primary N) is 1. The van der Waals surface area contributed by atoms with Gasteiger partial charge in [0.15, 0.2) is 0 Å². The Bertz CT molecular complexity index is 1410. The number of hydrogen-bond acceptors (Lipinski definition) is 9. The number of unbranched alkanes of at least 4 members (excludes halogenated alkanes) is 1. The molecule has 2 saturated heterocycles. The van der Waals surface area contributed by atoms with E-state index in [2.05, 4.69) is 5.32 Å². The van der Waals surface area contributed by atoms with Gasteiger partial charge in [-0.15, -0.1) is 11.3 Å². The van der Waals surface area contributed by atoms with E-state index >= 15 is 4.39 Å². The van der Waals surface area contributed by atoms with Crippen LogP contribution in [0.2, 0.25) is 4.34 Å². The van der Waals surface area contributed by atoms with Crippen molar-refractivity contribution in [3.63, 3.8) is 0 Å². The molecule has 0 bridgehead atoms. The molecule has 2 atom stereocenters. The molecular formula is C29H35ClFN5O7S. The first-order valence-electron chi connectivity index (χ1n) is 14.2. The molecule has 0 aliphatic carbocycles. The van der Waals surface area contributed by atoms with Crippen LogP contribution in [-0.2, 0) is 23.9 Å². The lowest BCUT2D eigenvalue weighted by Gasteiger charge is -2.27. The Balaban J connectivity index is 1.41. The van der Waals surface area contributed by atoms with E-state index < -0.39 is 41.8 Å². The molecule has 0 unspecified atom stereocenters. The minimum atomic E-state index is -0.922. The maximum absolute atomic E-state index is 15.2. The normalized spacial score (nSPS) is 17.6. The van der Waals surface area contributed by atoms with Crippen molar-refractivity contribution in [1.82, 2.24) is 10.2 Å². The lowest BCUT2D eigenvalue weighted by atomic mass is 10.0. The van der Waals surface area contributed by atoms with Crippen molar-refractivity contribution in [2.24, 2.45) is 11.7 Å². The molecule has 1 aromatic carbocycles. The standard InChI is InChI=1S/C29H35ClFN5O7S/c1-17(2)26(27(32)39)33-10-4-3-5-24(37)36(28(40)22-8-9-23(30)44-22)15-19-14-35(29(41)43-19)21-7-6-18(13-20(21)31)34-11-12-42-16-25(34)38/h6-9,13,17,19,26,33H,3-5,10-12,14-16H2,1-2H3,(H2,32,39)/t19-,26+/m1/s1. The van der Waals surface area contributed by atoms with Gasteiger partial charge in [-0.05, 0) is 55.6 Å². The summed E-state index contributed by atoms with van der Waals surface area (Å²) in [7, 11) is 0. The quantitative estimate of drug-likeness (QED) is 0.314. The molecule has 3 N–H and O–H groups in total. The Hall–Kier alpha value is -3.59. The second-order valence-corrected chi connectivity index (χ2v) is 12.5. The van der Waals surface area contributed by atoms with Crippen LogP contribution in [0.15, 0.2) is 30.3 Å². The van der Waals surface area contributed by atoms with Crippen LogP contribution >= 0.6 is 22.9 Å². The van der Waals surface area contributed by atoms with Gasteiger partial charge >= 0.3 is 6.09 Å². The Kier molecular flexibility index (Phi) is 11.3. The van der Waals surface area contributed by atoms with E-state index in [9.17, 15) is 24.0 Å². The highest BCUT2D eigenvalue weighted by Crippen LogP contribution is 2.30. The van der Waals surface area contributed by atoms with Gasteiger partial charge in [0.05, 0.1) is 40.6 Å².